The second-order valence-corrected chi connectivity index (χ2v) is 5.40. The molecule has 0 spiro atoms. The minimum Gasteiger partial charge on any atom is -0.396 e. The summed E-state index contributed by atoms with van der Waals surface area (Å²) in [6, 6.07) is 6.91. The zero-order valence-corrected chi connectivity index (χ0v) is 11.3. The van der Waals surface area contributed by atoms with Crippen molar-refractivity contribution in [2.75, 3.05) is 12.4 Å². The lowest BCUT2D eigenvalue weighted by molar-refractivity contribution is -0.385. The maximum atomic E-state index is 11.3. The molecule has 1 atom stereocenters. The molecule has 0 bridgehead atoms. The van der Waals surface area contributed by atoms with Crippen LogP contribution in [0.25, 0.3) is 10.9 Å². The second-order valence-electron chi connectivity index (χ2n) is 4.34. The number of thioether (sulfide) groups is 1. The molecule has 0 fully saturated rings. The fourth-order valence-corrected chi connectivity index (χ4v) is 2.76. The summed E-state index contributed by atoms with van der Waals surface area (Å²) < 4.78 is 0. The van der Waals surface area contributed by atoms with E-state index in [-0.39, 0.29) is 23.1 Å². The molecule has 0 aliphatic carbocycles. The minimum absolute atomic E-state index is 0.0793. The van der Waals surface area contributed by atoms with Gasteiger partial charge in [-0.3, -0.25) is 15.1 Å². The van der Waals surface area contributed by atoms with Gasteiger partial charge in [0, 0.05) is 18.6 Å². The Morgan fingerprint density at radius 2 is 2.26 bits per heavy atom. The molecule has 2 aromatic rings. The third-order valence-electron chi connectivity index (χ3n) is 2.74. The fraction of sp³-hybridized carbons (Fsp3) is 0.308. The molecule has 1 N–H and O–H groups in total. The largest absolute Gasteiger partial charge is 0.396 e. The Kier molecular flexibility index (Phi) is 4.34. The lowest BCUT2D eigenvalue weighted by atomic mass is 10.2. The molecule has 1 unspecified atom stereocenters. The van der Waals surface area contributed by atoms with Crippen LogP contribution >= 0.6 is 11.8 Å². The summed E-state index contributed by atoms with van der Waals surface area (Å²) in [5.74, 6) is 0.748. The first kappa shape index (κ1) is 13.8. The lowest BCUT2D eigenvalue weighted by Crippen LogP contribution is -2.03. The van der Waals surface area contributed by atoms with Crippen molar-refractivity contribution in [3.05, 3.63) is 40.6 Å². The van der Waals surface area contributed by atoms with E-state index >= 15 is 0 Å². The van der Waals surface area contributed by atoms with Crippen molar-refractivity contribution in [1.29, 1.82) is 0 Å². The molecule has 5 nitrogen and oxygen atoms in total. The molecule has 2 rings (SSSR count). The van der Waals surface area contributed by atoms with Crippen molar-refractivity contribution in [1.82, 2.24) is 4.98 Å². The normalized spacial score (nSPS) is 12.5. The van der Waals surface area contributed by atoms with Crippen LogP contribution < -0.4 is 0 Å². The Hall–Kier alpha value is -1.66. The van der Waals surface area contributed by atoms with Crippen LogP contribution in [0.4, 0.5) is 5.69 Å². The van der Waals surface area contributed by atoms with Crippen LogP contribution in [-0.2, 0) is 0 Å². The fourth-order valence-electron chi connectivity index (χ4n) is 1.71. The van der Waals surface area contributed by atoms with Gasteiger partial charge in [0.15, 0.2) is 0 Å². The number of benzene rings is 1. The average Bonchev–Trinajstić information content (AvgIpc) is 2.43. The molecule has 0 saturated heterocycles. The van der Waals surface area contributed by atoms with Gasteiger partial charge in [-0.25, -0.2) is 0 Å². The summed E-state index contributed by atoms with van der Waals surface area (Å²) in [5, 5.41) is 20.8. The molecule has 1 aromatic heterocycles. The van der Waals surface area contributed by atoms with Gasteiger partial charge in [-0.2, -0.15) is 0 Å². The first-order valence-electron chi connectivity index (χ1n) is 5.89. The topological polar surface area (TPSA) is 76.3 Å². The van der Waals surface area contributed by atoms with Gasteiger partial charge >= 0.3 is 0 Å². The van der Waals surface area contributed by atoms with Crippen LogP contribution in [0.1, 0.15) is 6.92 Å². The first-order valence-corrected chi connectivity index (χ1v) is 6.88. The van der Waals surface area contributed by atoms with Gasteiger partial charge in [0.1, 0.15) is 0 Å². The highest BCUT2D eigenvalue weighted by Gasteiger charge is 2.19. The van der Waals surface area contributed by atoms with Crippen molar-refractivity contribution in [3.8, 4) is 0 Å². The summed E-state index contributed by atoms with van der Waals surface area (Å²) in [5.41, 5.74) is 0.717. The SMILES string of the molecule is CC(CO)CSc1ccc2ncccc2c1[N+](=O)[O-]. The number of pyridine rings is 1. The summed E-state index contributed by atoms with van der Waals surface area (Å²) >= 11 is 1.39. The summed E-state index contributed by atoms with van der Waals surface area (Å²) in [6.45, 7) is 1.98. The minimum atomic E-state index is -0.365. The molecule has 0 aliphatic heterocycles. The van der Waals surface area contributed by atoms with E-state index in [1.807, 2.05) is 6.92 Å². The van der Waals surface area contributed by atoms with Crippen molar-refractivity contribution >= 4 is 28.4 Å². The van der Waals surface area contributed by atoms with Gasteiger partial charge in [0.25, 0.3) is 5.69 Å². The molecule has 6 heteroatoms. The standard InChI is InChI=1S/C13H14N2O3S/c1-9(7-16)8-19-12-5-4-11-10(3-2-6-14-11)13(12)15(17)18/h2-6,9,16H,7-8H2,1H3. The van der Waals surface area contributed by atoms with Crippen molar-refractivity contribution in [3.63, 3.8) is 0 Å². The zero-order valence-electron chi connectivity index (χ0n) is 10.4. The van der Waals surface area contributed by atoms with Crippen molar-refractivity contribution < 1.29 is 10.0 Å². The van der Waals surface area contributed by atoms with Gasteiger partial charge in [-0.1, -0.05) is 6.92 Å². The maximum absolute atomic E-state index is 11.3. The van der Waals surface area contributed by atoms with Gasteiger partial charge in [0.2, 0.25) is 0 Å². The Bertz CT molecular complexity index is 603. The molecule has 0 saturated carbocycles. The lowest BCUT2D eigenvalue weighted by Gasteiger charge is -2.08. The van der Waals surface area contributed by atoms with Gasteiger partial charge in [-0.05, 0) is 30.2 Å². The number of hydrogen-bond donors (Lipinski definition) is 1. The number of nitro groups is 1. The molecule has 19 heavy (non-hydrogen) atoms. The molecule has 0 amide bonds. The highest BCUT2D eigenvalue weighted by molar-refractivity contribution is 7.99. The molecule has 1 aromatic carbocycles. The number of hydrogen-bond acceptors (Lipinski definition) is 5. The maximum Gasteiger partial charge on any atom is 0.292 e. The number of nitro benzene ring substituents is 1. The Balaban J connectivity index is 2.43. The van der Waals surface area contributed by atoms with E-state index in [4.69, 9.17) is 5.11 Å². The zero-order chi connectivity index (χ0) is 13.8. The van der Waals surface area contributed by atoms with Crippen LogP contribution in [-0.4, -0.2) is 27.4 Å². The van der Waals surface area contributed by atoms with Crippen LogP contribution in [0.3, 0.4) is 0 Å². The number of nitrogens with zero attached hydrogens (tertiary/aromatic N) is 2. The number of rotatable bonds is 5. The smallest absolute Gasteiger partial charge is 0.292 e. The van der Waals surface area contributed by atoms with Crippen LogP contribution in [0.5, 0.6) is 0 Å². The number of aliphatic hydroxyl groups excluding tert-OH is 1. The Morgan fingerprint density at radius 1 is 1.47 bits per heavy atom. The second kappa shape index (κ2) is 5.99. The number of fused-ring (bicyclic) bond motifs is 1. The Labute approximate surface area is 114 Å². The van der Waals surface area contributed by atoms with E-state index in [1.54, 1.807) is 30.5 Å². The van der Waals surface area contributed by atoms with Gasteiger partial charge < -0.3 is 5.11 Å². The predicted molar refractivity (Wildman–Crippen MR) is 75.4 cm³/mol. The quantitative estimate of drug-likeness (QED) is 0.517. The summed E-state index contributed by atoms with van der Waals surface area (Å²) in [7, 11) is 0. The van der Waals surface area contributed by atoms with E-state index in [2.05, 4.69) is 4.98 Å². The third kappa shape index (κ3) is 3.02. The molecule has 0 radical (unpaired) electrons. The summed E-state index contributed by atoms with van der Waals surface area (Å²) in [6.07, 6.45) is 1.62. The van der Waals surface area contributed by atoms with E-state index in [9.17, 15) is 10.1 Å². The first-order chi connectivity index (χ1) is 9.13. The van der Waals surface area contributed by atoms with Crippen LogP contribution in [0, 0.1) is 16.0 Å². The highest BCUT2D eigenvalue weighted by Crippen LogP contribution is 2.35. The summed E-state index contributed by atoms with van der Waals surface area (Å²) in [4.78, 5) is 15.6. The van der Waals surface area contributed by atoms with Gasteiger partial charge in [0.05, 0.1) is 20.7 Å². The monoisotopic (exact) mass is 278 g/mol. The number of aromatic nitrogens is 1. The average molecular weight is 278 g/mol. The van der Waals surface area contributed by atoms with Crippen molar-refractivity contribution in [2.45, 2.75) is 11.8 Å². The molecular weight excluding hydrogens is 264 g/mol. The predicted octanol–water partition coefficient (Wildman–Crippen LogP) is 2.86. The molecular formula is C13H14N2O3S. The molecule has 100 valence electrons. The van der Waals surface area contributed by atoms with Crippen LogP contribution in [0.15, 0.2) is 35.4 Å². The van der Waals surface area contributed by atoms with Crippen molar-refractivity contribution in [2.24, 2.45) is 5.92 Å². The highest BCUT2D eigenvalue weighted by atomic mass is 32.2. The Morgan fingerprint density at radius 3 is 2.95 bits per heavy atom. The number of aliphatic hydroxyl groups is 1. The van der Waals surface area contributed by atoms with E-state index < -0.39 is 0 Å². The molecule has 0 aliphatic rings. The third-order valence-corrected chi connectivity index (χ3v) is 4.11. The molecule has 1 heterocycles. The van der Waals surface area contributed by atoms with E-state index in [1.165, 1.54) is 11.8 Å². The van der Waals surface area contributed by atoms with E-state index in [0.717, 1.165) is 0 Å². The van der Waals surface area contributed by atoms with Crippen LogP contribution in [0.2, 0.25) is 0 Å². The van der Waals surface area contributed by atoms with Gasteiger partial charge in [-0.15, -0.1) is 11.8 Å². The van der Waals surface area contributed by atoms with E-state index in [0.29, 0.717) is 21.6 Å².